The van der Waals surface area contributed by atoms with Crippen LogP contribution in [0.15, 0.2) is 59.1 Å². The van der Waals surface area contributed by atoms with Gasteiger partial charge in [0.15, 0.2) is 11.4 Å². The number of hydrogen-bond donors (Lipinski definition) is 5. The Balaban J connectivity index is 1.39. The maximum Gasteiger partial charge on any atom is 0.255 e. The van der Waals surface area contributed by atoms with E-state index in [9.17, 15) is 34.8 Å². The molecule has 1 heterocycles. The van der Waals surface area contributed by atoms with Crippen LogP contribution in [0.1, 0.15) is 45.5 Å². The zero-order valence-electron chi connectivity index (χ0n) is 19.9. The number of nitrogens with two attached hydrogens (primary N) is 1. The molecule has 190 valence electrons. The molecule has 4 aliphatic rings. The van der Waals surface area contributed by atoms with E-state index < -0.39 is 52.0 Å². The second-order valence-corrected chi connectivity index (χ2v) is 10.4. The summed E-state index contributed by atoms with van der Waals surface area (Å²) in [6, 6.07) is 11.4. The maximum absolute atomic E-state index is 13.7. The minimum Gasteiger partial charge on any atom is -0.511 e. The SMILES string of the molecule is NC(=O)C1=C(O)C[C@@H]2CC3Cc4c(CN5Cc6ccccc6C5)ccc(O)c4C(=O)C3=C(O)[C@]2(O)C1=O. The number of phenols is 1. The molecule has 3 atom stereocenters. The summed E-state index contributed by atoms with van der Waals surface area (Å²) in [6.07, 6.45) is 0.181. The highest BCUT2D eigenvalue weighted by Crippen LogP contribution is 2.51. The summed E-state index contributed by atoms with van der Waals surface area (Å²) in [6.45, 7) is 2.08. The molecule has 0 radical (unpaired) electrons. The van der Waals surface area contributed by atoms with E-state index in [1.807, 2.05) is 12.1 Å². The third kappa shape index (κ3) is 3.27. The molecule has 3 aliphatic carbocycles. The van der Waals surface area contributed by atoms with Gasteiger partial charge in [0.25, 0.3) is 5.91 Å². The normalized spacial score (nSPS) is 27.1. The first kappa shape index (κ1) is 23.4. The Hall–Kier alpha value is -3.95. The quantitative estimate of drug-likeness (QED) is 0.399. The average Bonchev–Trinajstić information content (AvgIpc) is 3.25. The number of carbonyl (C=O) groups is 3. The fourth-order valence-corrected chi connectivity index (χ4v) is 6.59. The fraction of sp³-hybridized carbons (Fsp3) is 0.321. The Morgan fingerprint density at radius 2 is 1.70 bits per heavy atom. The van der Waals surface area contributed by atoms with Gasteiger partial charge in [0.2, 0.25) is 5.78 Å². The topological polar surface area (TPSA) is 161 Å². The van der Waals surface area contributed by atoms with Crippen LogP contribution >= 0.6 is 0 Å². The van der Waals surface area contributed by atoms with E-state index in [1.165, 1.54) is 17.2 Å². The Kier molecular flexibility index (Phi) is 5.09. The van der Waals surface area contributed by atoms with Gasteiger partial charge in [0, 0.05) is 37.5 Å². The molecule has 2 aromatic rings. The first-order chi connectivity index (χ1) is 17.6. The van der Waals surface area contributed by atoms with Gasteiger partial charge in [-0.25, -0.2) is 0 Å². The Morgan fingerprint density at radius 3 is 2.35 bits per heavy atom. The number of rotatable bonds is 3. The van der Waals surface area contributed by atoms with Crippen molar-refractivity contribution in [3.05, 3.63) is 86.9 Å². The lowest BCUT2D eigenvalue weighted by molar-refractivity contribution is -0.144. The van der Waals surface area contributed by atoms with Crippen molar-refractivity contribution >= 4 is 17.5 Å². The number of nitrogens with zero attached hydrogens (tertiary/aromatic N) is 1. The van der Waals surface area contributed by atoms with E-state index in [0.717, 1.165) is 18.7 Å². The fourth-order valence-electron chi connectivity index (χ4n) is 6.59. The van der Waals surface area contributed by atoms with Crippen LogP contribution in [0.2, 0.25) is 0 Å². The van der Waals surface area contributed by atoms with Crippen molar-refractivity contribution in [1.82, 2.24) is 4.90 Å². The number of fused-ring (bicyclic) bond motifs is 4. The molecule has 1 amide bonds. The van der Waals surface area contributed by atoms with Crippen LogP contribution in [0.25, 0.3) is 0 Å². The molecule has 2 aromatic carbocycles. The number of aliphatic hydroxyl groups excluding tert-OH is 2. The minimum absolute atomic E-state index is 0.0471. The van der Waals surface area contributed by atoms with Crippen molar-refractivity contribution in [1.29, 1.82) is 0 Å². The van der Waals surface area contributed by atoms with Crippen molar-refractivity contribution in [2.45, 2.75) is 44.5 Å². The number of hydrogen-bond acceptors (Lipinski definition) is 8. The number of aliphatic hydroxyl groups is 3. The molecule has 9 nitrogen and oxygen atoms in total. The van der Waals surface area contributed by atoms with E-state index in [0.29, 0.717) is 18.5 Å². The van der Waals surface area contributed by atoms with E-state index in [1.54, 1.807) is 6.07 Å². The van der Waals surface area contributed by atoms with Gasteiger partial charge in [-0.3, -0.25) is 19.3 Å². The third-order valence-electron chi connectivity index (χ3n) is 8.34. The van der Waals surface area contributed by atoms with Crippen molar-refractivity contribution in [2.24, 2.45) is 17.6 Å². The average molecular weight is 503 g/mol. The van der Waals surface area contributed by atoms with Gasteiger partial charge in [-0.15, -0.1) is 0 Å². The van der Waals surface area contributed by atoms with Crippen LogP contribution in [0.4, 0.5) is 0 Å². The van der Waals surface area contributed by atoms with Crippen molar-refractivity contribution in [2.75, 3.05) is 0 Å². The zero-order valence-corrected chi connectivity index (χ0v) is 19.9. The number of Topliss-reactive ketones (excluding diaryl/α,β-unsaturated/α-hetero) is 2. The molecule has 6 rings (SSSR count). The highest BCUT2D eigenvalue weighted by atomic mass is 16.3. The van der Waals surface area contributed by atoms with Gasteiger partial charge >= 0.3 is 0 Å². The maximum atomic E-state index is 13.7. The lowest BCUT2D eigenvalue weighted by Crippen LogP contribution is -2.57. The molecule has 0 saturated carbocycles. The highest BCUT2D eigenvalue weighted by molar-refractivity contribution is 6.24. The van der Waals surface area contributed by atoms with Crippen LogP contribution in [-0.4, -0.2) is 48.4 Å². The van der Waals surface area contributed by atoms with Crippen LogP contribution in [0.5, 0.6) is 5.75 Å². The van der Waals surface area contributed by atoms with Gasteiger partial charge in [-0.05, 0) is 47.1 Å². The molecule has 37 heavy (non-hydrogen) atoms. The lowest BCUT2D eigenvalue weighted by atomic mass is 9.60. The van der Waals surface area contributed by atoms with Crippen molar-refractivity contribution in [3.8, 4) is 5.75 Å². The highest BCUT2D eigenvalue weighted by Gasteiger charge is 2.59. The summed E-state index contributed by atoms with van der Waals surface area (Å²) in [5.74, 6) is -6.20. The smallest absolute Gasteiger partial charge is 0.255 e. The zero-order chi connectivity index (χ0) is 26.2. The molecule has 0 fully saturated rings. The van der Waals surface area contributed by atoms with Crippen LogP contribution in [0, 0.1) is 11.8 Å². The van der Waals surface area contributed by atoms with E-state index in [4.69, 9.17) is 5.73 Å². The number of phenolic OH excluding ortho intramolecular Hbond substituents is 1. The van der Waals surface area contributed by atoms with E-state index in [2.05, 4.69) is 17.0 Å². The molecule has 0 aromatic heterocycles. The first-order valence-electron chi connectivity index (χ1n) is 12.2. The number of primary amides is 1. The predicted molar refractivity (Wildman–Crippen MR) is 130 cm³/mol. The van der Waals surface area contributed by atoms with Gasteiger partial charge in [0.05, 0.1) is 5.56 Å². The Morgan fingerprint density at radius 1 is 1.03 bits per heavy atom. The van der Waals surface area contributed by atoms with Crippen LogP contribution in [-0.2, 0) is 35.6 Å². The van der Waals surface area contributed by atoms with Crippen molar-refractivity contribution in [3.63, 3.8) is 0 Å². The number of carbonyl (C=O) groups excluding carboxylic acids is 3. The van der Waals surface area contributed by atoms with Gasteiger partial charge in [0.1, 0.15) is 22.8 Å². The predicted octanol–water partition coefficient (Wildman–Crippen LogP) is 2.10. The summed E-state index contributed by atoms with van der Waals surface area (Å²) in [5, 5.41) is 43.5. The summed E-state index contributed by atoms with van der Waals surface area (Å²) >= 11 is 0. The number of ketones is 2. The summed E-state index contributed by atoms with van der Waals surface area (Å²) in [4.78, 5) is 40.8. The third-order valence-corrected chi connectivity index (χ3v) is 8.34. The number of allylic oxidation sites excluding steroid dienone is 2. The second kappa shape index (κ2) is 8.03. The number of aromatic hydroxyl groups is 1. The molecular formula is C28H26N2O7. The number of benzene rings is 2. The number of amides is 1. The summed E-state index contributed by atoms with van der Waals surface area (Å²) in [5.41, 5.74) is 5.86. The first-order valence-corrected chi connectivity index (χ1v) is 12.2. The largest absolute Gasteiger partial charge is 0.511 e. The Labute approximate surface area is 212 Å². The molecule has 0 bridgehead atoms. The molecule has 0 saturated heterocycles. The minimum atomic E-state index is -2.55. The molecule has 1 aliphatic heterocycles. The van der Waals surface area contributed by atoms with Crippen LogP contribution in [0.3, 0.4) is 0 Å². The van der Waals surface area contributed by atoms with Gasteiger partial charge in [-0.1, -0.05) is 30.3 Å². The Bertz CT molecular complexity index is 1450. The monoisotopic (exact) mass is 502 g/mol. The molecule has 6 N–H and O–H groups in total. The molecule has 1 unspecified atom stereocenters. The molecular weight excluding hydrogens is 476 g/mol. The molecule has 9 heteroatoms. The summed E-state index contributed by atoms with van der Waals surface area (Å²) in [7, 11) is 0. The van der Waals surface area contributed by atoms with E-state index >= 15 is 0 Å². The standard InChI is InChI=1S/C28H26N2O7/c29-27(36)23-20(32)9-17-7-16-8-18-15(12-30-10-13-3-1-2-4-14(13)11-30)5-6-19(31)22(18)24(33)21(16)25(34)28(17,37)26(23)35/h1-6,16-17,31-32,34,37H,7-12H2,(H2,29,36)/t16?,17-,28-/m0/s1. The van der Waals surface area contributed by atoms with E-state index in [-0.39, 0.29) is 29.7 Å². The summed E-state index contributed by atoms with van der Waals surface area (Å²) < 4.78 is 0. The second-order valence-electron chi connectivity index (χ2n) is 10.4. The van der Waals surface area contributed by atoms with Crippen molar-refractivity contribution < 1.29 is 34.8 Å². The molecule has 0 spiro atoms. The van der Waals surface area contributed by atoms with Gasteiger partial charge < -0.3 is 26.2 Å². The van der Waals surface area contributed by atoms with Gasteiger partial charge in [-0.2, -0.15) is 0 Å². The lowest BCUT2D eigenvalue weighted by Gasteiger charge is -2.45. The van der Waals surface area contributed by atoms with Crippen LogP contribution < -0.4 is 5.73 Å².